The van der Waals surface area contributed by atoms with Crippen LogP contribution in [0.4, 0.5) is 0 Å². The fourth-order valence-electron chi connectivity index (χ4n) is 5.55. The average Bonchev–Trinajstić information content (AvgIpc) is 3.60. The summed E-state index contributed by atoms with van der Waals surface area (Å²) in [6, 6.07) is 16.0. The van der Waals surface area contributed by atoms with Crippen molar-refractivity contribution < 1.29 is 23.9 Å². The number of benzene rings is 2. The minimum Gasteiger partial charge on any atom is -0.376 e. The number of carbonyl (C=O) groups excluding carboxylic acids is 3. The van der Waals surface area contributed by atoms with Gasteiger partial charge in [0.1, 0.15) is 11.8 Å². The van der Waals surface area contributed by atoms with Crippen LogP contribution in [-0.2, 0) is 20.7 Å². The van der Waals surface area contributed by atoms with Gasteiger partial charge in [-0.2, -0.15) is 0 Å². The predicted octanol–water partition coefficient (Wildman–Crippen LogP) is 3.02. The molecule has 1 N–H and O–H groups in total. The molecule has 5 rings (SSSR count). The molecule has 3 saturated heterocycles. The van der Waals surface area contributed by atoms with Gasteiger partial charge in [-0.25, -0.2) is 0 Å². The number of ether oxygens (including phenoxy) is 2. The molecular weight excluding hydrogens is 470 g/mol. The number of hydrogen-bond acceptors (Lipinski definition) is 5. The Morgan fingerprint density at radius 3 is 2.32 bits per heavy atom. The first-order valence-electron chi connectivity index (χ1n) is 13.3. The van der Waals surface area contributed by atoms with Crippen LogP contribution >= 0.6 is 0 Å². The maximum Gasteiger partial charge on any atom is 0.256 e. The van der Waals surface area contributed by atoms with Crippen LogP contribution in [0.1, 0.15) is 58.9 Å². The molecule has 2 aromatic carbocycles. The lowest BCUT2D eigenvalue weighted by molar-refractivity contribution is -0.128. The quantitative estimate of drug-likeness (QED) is 0.652. The molecule has 8 heteroatoms. The van der Waals surface area contributed by atoms with Crippen molar-refractivity contribution in [3.05, 3.63) is 71.3 Å². The molecule has 2 atom stereocenters. The van der Waals surface area contributed by atoms with E-state index in [1.807, 2.05) is 47.4 Å². The molecule has 2 unspecified atom stereocenters. The van der Waals surface area contributed by atoms with Crippen LogP contribution in [-0.4, -0.2) is 78.2 Å². The van der Waals surface area contributed by atoms with Gasteiger partial charge in [0.05, 0.1) is 12.7 Å². The SMILES string of the molecule is CCc1ccc(C(=O)N2CCC3(CC2)OCC(C(=O)NCC2CCCO2)N3C(=O)c2ccccc2)cc1. The van der Waals surface area contributed by atoms with Crippen LogP contribution in [0.3, 0.4) is 0 Å². The minimum absolute atomic E-state index is 0.0131. The Labute approximate surface area is 217 Å². The summed E-state index contributed by atoms with van der Waals surface area (Å²) in [5.74, 6) is -0.487. The first-order chi connectivity index (χ1) is 18.0. The first kappa shape index (κ1) is 25.4. The van der Waals surface area contributed by atoms with Crippen molar-refractivity contribution in [1.82, 2.24) is 15.1 Å². The fourth-order valence-corrected chi connectivity index (χ4v) is 5.55. The molecule has 3 aliphatic heterocycles. The third-order valence-electron chi connectivity index (χ3n) is 7.77. The van der Waals surface area contributed by atoms with Crippen molar-refractivity contribution in [2.75, 3.05) is 32.8 Å². The number of piperidine rings is 1. The lowest BCUT2D eigenvalue weighted by Gasteiger charge is -2.44. The summed E-state index contributed by atoms with van der Waals surface area (Å²) in [5.41, 5.74) is 1.43. The molecule has 2 aromatic rings. The molecule has 37 heavy (non-hydrogen) atoms. The van der Waals surface area contributed by atoms with Crippen LogP contribution in [0.15, 0.2) is 54.6 Å². The molecule has 0 aromatic heterocycles. The lowest BCUT2D eigenvalue weighted by atomic mass is 9.96. The highest BCUT2D eigenvalue weighted by Gasteiger charge is 2.54. The Morgan fingerprint density at radius 1 is 0.973 bits per heavy atom. The second-order valence-corrected chi connectivity index (χ2v) is 10.0. The van der Waals surface area contributed by atoms with E-state index in [4.69, 9.17) is 9.47 Å². The van der Waals surface area contributed by atoms with E-state index in [0.29, 0.717) is 50.2 Å². The van der Waals surface area contributed by atoms with Gasteiger partial charge in [-0.05, 0) is 49.1 Å². The summed E-state index contributed by atoms with van der Waals surface area (Å²) in [4.78, 5) is 43.6. The third kappa shape index (κ3) is 5.26. The van der Waals surface area contributed by atoms with Crippen LogP contribution in [0.2, 0.25) is 0 Å². The number of rotatable bonds is 6. The number of carbonyl (C=O) groups is 3. The Hall–Kier alpha value is -3.23. The Morgan fingerprint density at radius 2 is 1.68 bits per heavy atom. The van der Waals surface area contributed by atoms with Crippen molar-refractivity contribution in [2.45, 2.75) is 56.9 Å². The number of aryl methyl sites for hydroxylation is 1. The molecule has 3 amide bonds. The molecular formula is C29H35N3O5. The van der Waals surface area contributed by atoms with Crippen molar-refractivity contribution in [3.8, 4) is 0 Å². The largest absolute Gasteiger partial charge is 0.376 e. The molecule has 8 nitrogen and oxygen atoms in total. The van der Waals surface area contributed by atoms with Gasteiger partial charge in [-0.1, -0.05) is 37.3 Å². The van der Waals surface area contributed by atoms with Gasteiger partial charge in [-0.3, -0.25) is 19.3 Å². The van der Waals surface area contributed by atoms with E-state index in [1.165, 1.54) is 5.56 Å². The zero-order valence-electron chi connectivity index (χ0n) is 21.4. The van der Waals surface area contributed by atoms with E-state index in [1.54, 1.807) is 17.0 Å². The highest BCUT2D eigenvalue weighted by Crippen LogP contribution is 2.39. The normalized spacial score (nSPS) is 22.8. The van der Waals surface area contributed by atoms with E-state index < -0.39 is 11.8 Å². The van der Waals surface area contributed by atoms with E-state index >= 15 is 0 Å². The first-order valence-corrected chi connectivity index (χ1v) is 13.3. The van der Waals surface area contributed by atoms with Gasteiger partial charge in [0.15, 0.2) is 0 Å². The second-order valence-electron chi connectivity index (χ2n) is 10.0. The maximum atomic E-state index is 13.8. The van der Waals surface area contributed by atoms with Gasteiger partial charge in [0, 0.05) is 50.2 Å². The van der Waals surface area contributed by atoms with Gasteiger partial charge < -0.3 is 19.7 Å². The second kappa shape index (κ2) is 11.0. The lowest BCUT2D eigenvalue weighted by Crippen LogP contribution is -2.60. The molecule has 0 saturated carbocycles. The minimum atomic E-state index is -0.929. The Balaban J connectivity index is 1.32. The number of nitrogens with zero attached hydrogens (tertiary/aromatic N) is 2. The molecule has 3 aliphatic rings. The van der Waals surface area contributed by atoms with Crippen LogP contribution in [0.5, 0.6) is 0 Å². The molecule has 0 radical (unpaired) electrons. The van der Waals surface area contributed by atoms with Gasteiger partial charge in [-0.15, -0.1) is 0 Å². The number of likely N-dealkylation sites (tertiary alicyclic amines) is 1. The molecule has 0 aliphatic carbocycles. The van der Waals surface area contributed by atoms with Crippen molar-refractivity contribution in [2.24, 2.45) is 0 Å². The molecule has 0 bridgehead atoms. The van der Waals surface area contributed by atoms with Crippen LogP contribution < -0.4 is 5.32 Å². The molecule has 3 fully saturated rings. The standard InChI is InChI=1S/C29H35N3O5/c1-2-21-10-12-23(13-11-21)27(34)31-16-14-29(15-17-31)32(28(35)22-7-4-3-5-8-22)25(20-37-29)26(33)30-19-24-9-6-18-36-24/h3-5,7-8,10-13,24-25H,2,6,9,14-20H2,1H3,(H,30,33). The van der Waals surface area contributed by atoms with Crippen molar-refractivity contribution in [1.29, 1.82) is 0 Å². The van der Waals surface area contributed by atoms with E-state index in [0.717, 1.165) is 19.3 Å². The maximum absolute atomic E-state index is 13.8. The summed E-state index contributed by atoms with van der Waals surface area (Å²) in [6.07, 6.45) is 3.74. The Kier molecular flexibility index (Phi) is 7.58. The zero-order valence-corrected chi connectivity index (χ0v) is 21.4. The monoisotopic (exact) mass is 505 g/mol. The van der Waals surface area contributed by atoms with Crippen molar-refractivity contribution in [3.63, 3.8) is 0 Å². The highest BCUT2D eigenvalue weighted by atomic mass is 16.5. The van der Waals surface area contributed by atoms with Crippen molar-refractivity contribution >= 4 is 17.7 Å². The summed E-state index contributed by atoms with van der Waals surface area (Å²) in [5, 5.41) is 2.98. The topological polar surface area (TPSA) is 88.2 Å². The Bertz CT molecular complexity index is 1110. The number of hydrogen-bond donors (Lipinski definition) is 1. The van der Waals surface area contributed by atoms with Gasteiger partial charge in [0.2, 0.25) is 5.91 Å². The summed E-state index contributed by atoms with van der Waals surface area (Å²) in [7, 11) is 0. The van der Waals surface area contributed by atoms with Gasteiger partial charge >= 0.3 is 0 Å². The van der Waals surface area contributed by atoms with Crippen LogP contribution in [0.25, 0.3) is 0 Å². The van der Waals surface area contributed by atoms with E-state index in [2.05, 4.69) is 12.2 Å². The molecule has 196 valence electrons. The smallest absolute Gasteiger partial charge is 0.256 e. The third-order valence-corrected chi connectivity index (χ3v) is 7.77. The summed E-state index contributed by atoms with van der Waals surface area (Å²) >= 11 is 0. The number of amides is 3. The predicted molar refractivity (Wildman–Crippen MR) is 138 cm³/mol. The summed E-state index contributed by atoms with van der Waals surface area (Å²) in [6.45, 7) is 4.24. The fraction of sp³-hybridized carbons (Fsp3) is 0.483. The zero-order chi connectivity index (χ0) is 25.8. The highest BCUT2D eigenvalue weighted by molar-refractivity contribution is 5.98. The number of nitrogens with one attached hydrogen (secondary N) is 1. The van der Waals surface area contributed by atoms with E-state index in [-0.39, 0.29) is 30.4 Å². The van der Waals surface area contributed by atoms with Gasteiger partial charge in [0.25, 0.3) is 11.8 Å². The summed E-state index contributed by atoms with van der Waals surface area (Å²) < 4.78 is 11.9. The van der Waals surface area contributed by atoms with Crippen LogP contribution in [0, 0.1) is 0 Å². The molecule has 3 heterocycles. The van der Waals surface area contributed by atoms with E-state index in [9.17, 15) is 14.4 Å². The molecule has 1 spiro atoms. The average molecular weight is 506 g/mol.